The first-order valence-electron chi connectivity index (χ1n) is 8.30. The van der Waals surface area contributed by atoms with Crippen LogP contribution in [0.4, 0.5) is 0 Å². The normalized spacial score (nSPS) is 11.1. The number of allylic oxidation sites excluding steroid dienone is 1. The van der Waals surface area contributed by atoms with E-state index in [0.717, 1.165) is 34.1 Å². The number of carbonyl (C=O) groups is 1. The smallest absolute Gasteiger partial charge is 0.161 e. The molecule has 0 bridgehead atoms. The Labute approximate surface area is 153 Å². The second-order valence-corrected chi connectivity index (χ2v) is 5.73. The molecular weight excluding hydrogens is 324 g/mol. The molecule has 3 nitrogen and oxygen atoms in total. The van der Waals surface area contributed by atoms with E-state index in [-0.39, 0.29) is 0 Å². The van der Waals surface area contributed by atoms with Gasteiger partial charge in [0.25, 0.3) is 0 Å². The molecule has 0 aliphatic carbocycles. The number of methoxy groups -OCH3 is 2. The van der Waals surface area contributed by atoms with Crippen molar-refractivity contribution in [2.75, 3.05) is 14.2 Å². The molecule has 0 spiro atoms. The standard InChI is InChI=1S/C23H20O3/c1-25-22-13-12-20(16-23(22)26-2)21(14-15-24)19-10-8-18(9-11-19)17-6-4-3-5-7-17/h3-16H,1-2H3. The van der Waals surface area contributed by atoms with E-state index in [1.165, 1.54) is 0 Å². The van der Waals surface area contributed by atoms with Gasteiger partial charge in [-0.15, -0.1) is 0 Å². The van der Waals surface area contributed by atoms with Crippen molar-refractivity contribution >= 4 is 11.9 Å². The summed E-state index contributed by atoms with van der Waals surface area (Å²) >= 11 is 0. The molecule has 3 aromatic rings. The zero-order chi connectivity index (χ0) is 18.4. The summed E-state index contributed by atoms with van der Waals surface area (Å²) in [6.07, 6.45) is 2.37. The van der Waals surface area contributed by atoms with E-state index in [1.54, 1.807) is 20.3 Å². The van der Waals surface area contributed by atoms with Crippen LogP contribution in [0.25, 0.3) is 16.7 Å². The zero-order valence-electron chi connectivity index (χ0n) is 14.8. The molecule has 0 aliphatic rings. The average Bonchev–Trinajstić information content (AvgIpc) is 2.72. The van der Waals surface area contributed by atoms with Crippen molar-refractivity contribution in [2.45, 2.75) is 0 Å². The highest BCUT2D eigenvalue weighted by atomic mass is 16.5. The lowest BCUT2D eigenvalue weighted by Crippen LogP contribution is -1.94. The molecule has 0 atom stereocenters. The van der Waals surface area contributed by atoms with E-state index >= 15 is 0 Å². The van der Waals surface area contributed by atoms with Gasteiger partial charge in [-0.2, -0.15) is 0 Å². The summed E-state index contributed by atoms with van der Waals surface area (Å²) in [4.78, 5) is 11.2. The Balaban J connectivity index is 1.99. The Hall–Kier alpha value is -3.33. The first-order chi connectivity index (χ1) is 12.8. The second-order valence-electron chi connectivity index (χ2n) is 5.73. The van der Waals surface area contributed by atoms with Gasteiger partial charge in [-0.1, -0.05) is 60.7 Å². The quantitative estimate of drug-likeness (QED) is 0.466. The Morgan fingerprint density at radius 1 is 0.731 bits per heavy atom. The third kappa shape index (κ3) is 3.67. The topological polar surface area (TPSA) is 35.5 Å². The monoisotopic (exact) mass is 344 g/mol. The predicted molar refractivity (Wildman–Crippen MR) is 105 cm³/mol. The maximum absolute atomic E-state index is 11.2. The van der Waals surface area contributed by atoms with E-state index in [0.29, 0.717) is 11.5 Å². The summed E-state index contributed by atoms with van der Waals surface area (Å²) < 4.78 is 10.7. The largest absolute Gasteiger partial charge is 0.493 e. The Morgan fingerprint density at radius 3 is 1.96 bits per heavy atom. The maximum atomic E-state index is 11.2. The van der Waals surface area contributed by atoms with Crippen molar-refractivity contribution in [3.8, 4) is 22.6 Å². The van der Waals surface area contributed by atoms with Crippen molar-refractivity contribution in [2.24, 2.45) is 0 Å². The molecule has 0 unspecified atom stereocenters. The van der Waals surface area contributed by atoms with Crippen LogP contribution in [0.3, 0.4) is 0 Å². The predicted octanol–water partition coefficient (Wildman–Crippen LogP) is 5.00. The van der Waals surface area contributed by atoms with Gasteiger partial charge in [-0.05, 0) is 46.0 Å². The minimum atomic E-state index is 0.628. The Bertz CT molecular complexity index is 910. The van der Waals surface area contributed by atoms with Gasteiger partial charge in [0.2, 0.25) is 0 Å². The zero-order valence-corrected chi connectivity index (χ0v) is 14.8. The number of hydrogen-bond donors (Lipinski definition) is 0. The van der Waals surface area contributed by atoms with Gasteiger partial charge in [0.1, 0.15) is 6.29 Å². The van der Waals surface area contributed by atoms with Crippen molar-refractivity contribution in [1.29, 1.82) is 0 Å². The molecule has 0 fully saturated rings. The van der Waals surface area contributed by atoms with Gasteiger partial charge in [0.15, 0.2) is 11.5 Å². The molecule has 3 rings (SSSR count). The van der Waals surface area contributed by atoms with Crippen molar-refractivity contribution in [1.82, 2.24) is 0 Å². The number of ether oxygens (including phenoxy) is 2. The molecule has 0 saturated heterocycles. The highest BCUT2D eigenvalue weighted by Crippen LogP contribution is 2.33. The summed E-state index contributed by atoms with van der Waals surface area (Å²) in [5, 5.41) is 0. The van der Waals surface area contributed by atoms with E-state index in [2.05, 4.69) is 24.3 Å². The van der Waals surface area contributed by atoms with Gasteiger partial charge in [-0.25, -0.2) is 0 Å². The maximum Gasteiger partial charge on any atom is 0.161 e. The van der Waals surface area contributed by atoms with E-state index in [1.807, 2.05) is 48.5 Å². The van der Waals surface area contributed by atoms with E-state index in [4.69, 9.17) is 9.47 Å². The molecule has 0 aliphatic heterocycles. The first kappa shape index (κ1) is 17.5. The number of benzene rings is 3. The summed E-state index contributed by atoms with van der Waals surface area (Å²) in [7, 11) is 3.20. The summed E-state index contributed by atoms with van der Waals surface area (Å²) in [6.45, 7) is 0. The van der Waals surface area contributed by atoms with Crippen LogP contribution in [0, 0.1) is 0 Å². The van der Waals surface area contributed by atoms with Crippen LogP contribution in [-0.4, -0.2) is 20.5 Å². The van der Waals surface area contributed by atoms with Crippen molar-refractivity contribution in [3.63, 3.8) is 0 Å². The molecule has 130 valence electrons. The van der Waals surface area contributed by atoms with Crippen molar-refractivity contribution in [3.05, 3.63) is 90.0 Å². The van der Waals surface area contributed by atoms with E-state index in [9.17, 15) is 4.79 Å². The molecule has 3 aromatic carbocycles. The van der Waals surface area contributed by atoms with Gasteiger partial charge < -0.3 is 9.47 Å². The SMILES string of the molecule is COc1ccc(C(=CC=O)c2ccc(-c3ccccc3)cc2)cc1OC. The lowest BCUT2D eigenvalue weighted by molar-refractivity contribution is -0.104. The average molecular weight is 344 g/mol. The van der Waals surface area contributed by atoms with Crippen molar-refractivity contribution < 1.29 is 14.3 Å². The van der Waals surface area contributed by atoms with Gasteiger partial charge in [0, 0.05) is 0 Å². The van der Waals surface area contributed by atoms with Gasteiger partial charge in [0.05, 0.1) is 14.2 Å². The molecule has 26 heavy (non-hydrogen) atoms. The minimum absolute atomic E-state index is 0.628. The Kier molecular flexibility index (Phi) is 5.49. The summed E-state index contributed by atoms with van der Waals surface area (Å²) in [6, 6.07) is 24.0. The highest BCUT2D eigenvalue weighted by molar-refractivity contribution is 5.90. The molecule has 0 amide bonds. The van der Waals surface area contributed by atoms with Crippen LogP contribution in [0.2, 0.25) is 0 Å². The summed E-state index contributed by atoms with van der Waals surface area (Å²) in [5.41, 5.74) is 4.98. The third-order valence-corrected chi connectivity index (χ3v) is 4.23. The lowest BCUT2D eigenvalue weighted by Gasteiger charge is -2.13. The molecule has 0 saturated carbocycles. The fraction of sp³-hybridized carbons (Fsp3) is 0.0870. The molecule has 0 N–H and O–H groups in total. The fourth-order valence-electron chi connectivity index (χ4n) is 2.90. The minimum Gasteiger partial charge on any atom is -0.493 e. The number of carbonyl (C=O) groups excluding carboxylic acids is 1. The molecule has 0 heterocycles. The number of hydrogen-bond acceptors (Lipinski definition) is 3. The van der Waals surface area contributed by atoms with Crippen LogP contribution in [0.1, 0.15) is 11.1 Å². The molecule has 0 radical (unpaired) electrons. The number of rotatable bonds is 6. The van der Waals surface area contributed by atoms with Crippen LogP contribution in [0.15, 0.2) is 78.9 Å². The summed E-state index contributed by atoms with van der Waals surface area (Å²) in [5.74, 6) is 1.28. The Morgan fingerprint density at radius 2 is 1.35 bits per heavy atom. The van der Waals surface area contributed by atoms with Gasteiger partial charge in [-0.3, -0.25) is 4.79 Å². The highest BCUT2D eigenvalue weighted by Gasteiger charge is 2.10. The third-order valence-electron chi connectivity index (χ3n) is 4.23. The fourth-order valence-corrected chi connectivity index (χ4v) is 2.90. The van der Waals surface area contributed by atoms with Crippen LogP contribution in [-0.2, 0) is 4.79 Å². The van der Waals surface area contributed by atoms with Crippen LogP contribution < -0.4 is 9.47 Å². The van der Waals surface area contributed by atoms with Crippen LogP contribution >= 0.6 is 0 Å². The van der Waals surface area contributed by atoms with E-state index < -0.39 is 0 Å². The number of aldehydes is 1. The second kappa shape index (κ2) is 8.17. The molecular formula is C23H20O3. The molecule has 0 aromatic heterocycles. The lowest BCUT2D eigenvalue weighted by atomic mass is 9.95. The van der Waals surface area contributed by atoms with Crippen LogP contribution in [0.5, 0.6) is 11.5 Å². The molecule has 3 heteroatoms. The first-order valence-corrected chi connectivity index (χ1v) is 8.30. The van der Waals surface area contributed by atoms with Gasteiger partial charge >= 0.3 is 0 Å².